The summed E-state index contributed by atoms with van der Waals surface area (Å²) in [5.41, 5.74) is 0.153. The van der Waals surface area contributed by atoms with Gasteiger partial charge in [0.2, 0.25) is 0 Å². The van der Waals surface area contributed by atoms with E-state index in [4.69, 9.17) is 33.5 Å². The number of unbranched alkanes of at least 4 members (excludes halogenated alkanes) is 6. The van der Waals surface area contributed by atoms with Crippen LogP contribution in [0.2, 0.25) is 0 Å². The molecule has 1 aliphatic rings. The van der Waals surface area contributed by atoms with Gasteiger partial charge in [0.15, 0.2) is 10.9 Å². The second-order valence-corrected chi connectivity index (χ2v) is 21.9. The van der Waals surface area contributed by atoms with Crippen molar-refractivity contribution in [3.8, 4) is 0 Å². The van der Waals surface area contributed by atoms with Crippen LogP contribution in [0.3, 0.4) is 0 Å². The first kappa shape index (κ1) is 70.6. The van der Waals surface area contributed by atoms with Crippen LogP contribution < -0.4 is 27.8 Å². The highest BCUT2D eigenvalue weighted by Gasteiger charge is 2.25. The van der Waals surface area contributed by atoms with Crippen LogP contribution in [0.1, 0.15) is 125 Å². The van der Waals surface area contributed by atoms with Crippen molar-refractivity contribution >= 4 is 86.9 Å². The number of fused-ring (bicyclic) bond motifs is 4. The van der Waals surface area contributed by atoms with E-state index in [0.29, 0.717) is 66.9 Å². The summed E-state index contributed by atoms with van der Waals surface area (Å²) in [7, 11) is 0. The maximum atomic E-state index is 12.8. The number of carbonyl (C=O) groups is 4. The molecule has 4 aromatic carbocycles. The number of quaternary nitrogens is 1. The van der Waals surface area contributed by atoms with Gasteiger partial charge < -0.3 is 60.1 Å². The Balaban J connectivity index is 0.000000303. The van der Waals surface area contributed by atoms with Gasteiger partial charge in [-0.15, -0.1) is 22.7 Å². The van der Waals surface area contributed by atoms with Crippen LogP contribution in [0.4, 0.5) is 0 Å². The number of halogens is 1. The number of aromatic carboxylic acids is 1. The van der Waals surface area contributed by atoms with Crippen molar-refractivity contribution in [1.82, 2.24) is 0 Å². The third-order valence-electron chi connectivity index (χ3n) is 13.2. The number of esters is 3. The minimum Gasteiger partial charge on any atom is -1.00 e. The predicted octanol–water partition coefficient (Wildman–Crippen LogP) is 9.49. The molecule has 2 unspecified atom stereocenters. The molecule has 18 heteroatoms. The standard InChI is InChI=1S/C24H24O7S.C16H36N.C14H8O3S.C10H16O4.BrH/c1-2-22(26)30-12-6-5-11-29-14-17(25)15-31-24(28)16-9-10-21-19(13-16)23(27)18-7-3-4-8-20(18)32-21;1-5-9-13-17(14-10-6-2,15-11-7-3)16-12-8-4;15-13-9-3-1-2-4-11(9)18-12-6-5-8(14(16)17)7-10(12)13;1-2-10(11)13-6-4-3-5-12-7-9-8-14-9;/h2-4,7-10,13,17,25H,1,5-6,11-12,14-15H2;5-16H2,1-4H3;1-7H,(H,16,17);2,9H,1,3-8H2;1H/q;+1;;;/p-1. The Morgan fingerprint density at radius 3 is 1.44 bits per heavy atom. The van der Waals surface area contributed by atoms with Gasteiger partial charge in [-0.1, -0.05) is 90.8 Å². The third kappa shape index (κ3) is 25.0. The summed E-state index contributed by atoms with van der Waals surface area (Å²) < 4.78 is 35.2. The number of carboxylic acid groups (broad SMARTS) is 1. The molecule has 6 aromatic rings. The first-order valence-corrected chi connectivity index (χ1v) is 30.1. The van der Waals surface area contributed by atoms with E-state index in [-0.39, 0.29) is 64.8 Å². The fourth-order valence-electron chi connectivity index (χ4n) is 8.49. The first-order chi connectivity index (χ1) is 39.2. The second-order valence-electron chi connectivity index (χ2n) is 19.7. The van der Waals surface area contributed by atoms with Crippen LogP contribution in [0.5, 0.6) is 0 Å². The zero-order chi connectivity index (χ0) is 58.8. The van der Waals surface area contributed by atoms with E-state index >= 15 is 0 Å². The maximum absolute atomic E-state index is 12.8. The zero-order valence-electron chi connectivity index (χ0n) is 48.2. The Bertz CT molecular complexity index is 3010. The van der Waals surface area contributed by atoms with Gasteiger partial charge in [0.05, 0.1) is 70.3 Å². The van der Waals surface area contributed by atoms with Crippen LogP contribution in [-0.4, -0.2) is 130 Å². The van der Waals surface area contributed by atoms with Crippen molar-refractivity contribution in [2.45, 2.75) is 117 Å². The van der Waals surface area contributed by atoms with E-state index in [1.807, 2.05) is 36.4 Å². The molecule has 3 heterocycles. The number of ether oxygens (including phenoxy) is 6. The average Bonchev–Trinajstić information content (AvgIpc) is 3.16. The summed E-state index contributed by atoms with van der Waals surface area (Å²) in [6, 6.07) is 24.2. The normalized spacial score (nSPS) is 12.8. The molecule has 0 amide bonds. The molecule has 7 rings (SSSR count). The van der Waals surface area contributed by atoms with Gasteiger partial charge in [0.25, 0.3) is 0 Å². The van der Waals surface area contributed by atoms with Gasteiger partial charge >= 0.3 is 23.9 Å². The predicted molar refractivity (Wildman–Crippen MR) is 326 cm³/mol. The Kier molecular flexibility index (Phi) is 34.2. The number of carbonyl (C=O) groups excluding carboxylic acids is 3. The number of hydrogen-bond acceptors (Lipinski definition) is 15. The molecule has 448 valence electrons. The molecule has 1 fully saturated rings. The van der Waals surface area contributed by atoms with E-state index in [2.05, 4.69) is 40.9 Å². The average molecular weight is 1240 g/mol. The van der Waals surface area contributed by atoms with Crippen molar-refractivity contribution in [2.24, 2.45) is 0 Å². The fourth-order valence-corrected chi connectivity index (χ4v) is 10.6. The van der Waals surface area contributed by atoms with E-state index in [1.54, 1.807) is 30.3 Å². The molecule has 2 N–H and O–H groups in total. The maximum Gasteiger partial charge on any atom is 0.338 e. The monoisotopic (exact) mass is 1230 g/mol. The molecule has 0 aliphatic carbocycles. The minimum atomic E-state index is -1.02. The number of carboxylic acids is 1. The zero-order valence-corrected chi connectivity index (χ0v) is 51.4. The van der Waals surface area contributed by atoms with Gasteiger partial charge in [-0.2, -0.15) is 0 Å². The number of rotatable bonds is 32. The Morgan fingerprint density at radius 1 is 0.585 bits per heavy atom. The van der Waals surface area contributed by atoms with E-state index < -0.39 is 24.0 Å². The number of benzene rings is 4. The lowest BCUT2D eigenvalue weighted by Gasteiger charge is -2.39. The minimum absolute atomic E-state index is 0. The molecular weight excluding hydrogens is 1150 g/mol. The lowest BCUT2D eigenvalue weighted by molar-refractivity contribution is -0.929. The van der Waals surface area contributed by atoms with E-state index in [9.17, 15) is 33.9 Å². The SMILES string of the molecule is C=CC(=O)OCCCCOCC(O)COC(=O)c1ccc2sc3ccccc3c(=O)c2c1.C=CC(=O)OCCCCOCC1CO1.CCCC[N+](CCCC)(CCCC)CCCC.O=C(O)c1ccc2sc3ccccc3c(=O)c2c1.[Br-]. The molecule has 82 heavy (non-hydrogen) atoms. The van der Waals surface area contributed by atoms with Crippen molar-refractivity contribution in [1.29, 1.82) is 0 Å². The number of epoxide rings is 1. The van der Waals surface area contributed by atoms with Gasteiger partial charge in [0, 0.05) is 65.7 Å². The molecule has 0 spiro atoms. The van der Waals surface area contributed by atoms with Crippen LogP contribution >= 0.6 is 22.7 Å². The molecule has 2 atom stereocenters. The smallest absolute Gasteiger partial charge is 0.338 e. The molecule has 15 nitrogen and oxygen atoms in total. The molecule has 1 saturated heterocycles. The lowest BCUT2D eigenvalue weighted by atomic mass is 10.1. The van der Waals surface area contributed by atoms with Crippen molar-refractivity contribution in [2.75, 3.05) is 79.0 Å². The number of hydrogen-bond donors (Lipinski definition) is 2. The highest BCUT2D eigenvalue weighted by molar-refractivity contribution is 7.25. The molecule has 0 bridgehead atoms. The van der Waals surface area contributed by atoms with E-state index in [0.717, 1.165) is 44.3 Å². The Hall–Kier alpha value is -5.70. The highest BCUT2D eigenvalue weighted by Crippen LogP contribution is 2.27. The Morgan fingerprint density at radius 2 is 1.00 bits per heavy atom. The largest absolute Gasteiger partial charge is 1.00 e. The van der Waals surface area contributed by atoms with E-state index in [1.165, 1.54) is 129 Å². The summed E-state index contributed by atoms with van der Waals surface area (Å²) in [6.07, 6.45) is 15.7. The molecular formula is C64H84BrNO14S2. The first-order valence-electron chi connectivity index (χ1n) is 28.4. The number of aliphatic hydroxyl groups excluding tert-OH is 1. The van der Waals surface area contributed by atoms with Crippen LogP contribution in [0.25, 0.3) is 40.3 Å². The van der Waals surface area contributed by atoms with Gasteiger partial charge in [-0.05, 0) is 112 Å². The number of nitrogens with zero attached hydrogens (tertiary/aromatic N) is 1. The summed E-state index contributed by atoms with van der Waals surface area (Å²) in [6.45, 7) is 24.7. The quantitative estimate of drug-likeness (QED) is 0.00769. The summed E-state index contributed by atoms with van der Waals surface area (Å²) >= 11 is 2.98. The second kappa shape index (κ2) is 39.7. The Labute approximate surface area is 501 Å². The summed E-state index contributed by atoms with van der Waals surface area (Å²) in [4.78, 5) is 69.8. The summed E-state index contributed by atoms with van der Waals surface area (Å²) in [5.74, 6) is -2.46. The topological polar surface area (TPSA) is 202 Å². The van der Waals surface area contributed by atoms with Gasteiger partial charge in [-0.3, -0.25) is 9.59 Å². The van der Waals surface area contributed by atoms with Crippen molar-refractivity contribution in [3.05, 3.63) is 142 Å². The molecule has 1 aliphatic heterocycles. The third-order valence-corrected chi connectivity index (χ3v) is 15.5. The van der Waals surface area contributed by atoms with Crippen molar-refractivity contribution in [3.63, 3.8) is 0 Å². The molecule has 0 radical (unpaired) electrons. The highest BCUT2D eigenvalue weighted by atomic mass is 79.9. The lowest BCUT2D eigenvalue weighted by Crippen LogP contribution is -3.00. The van der Waals surface area contributed by atoms with Crippen LogP contribution in [0.15, 0.2) is 120 Å². The van der Waals surface area contributed by atoms with Crippen molar-refractivity contribution < 1.29 is 79.3 Å². The van der Waals surface area contributed by atoms with Gasteiger partial charge in [-0.25, -0.2) is 19.2 Å². The van der Waals surface area contributed by atoms with Crippen LogP contribution in [-0.2, 0) is 38.0 Å². The molecule has 0 saturated carbocycles. The number of aliphatic hydroxyl groups is 1. The molecule has 2 aromatic heterocycles. The fraction of sp³-hybridized carbons (Fsp3) is 0.469. The van der Waals surface area contributed by atoms with Gasteiger partial charge in [0.1, 0.15) is 18.8 Å². The summed E-state index contributed by atoms with van der Waals surface area (Å²) in [5, 5.41) is 21.1. The van der Waals surface area contributed by atoms with Crippen LogP contribution in [0, 0.1) is 0 Å².